The molecule has 0 heterocycles. The standard InChI is InChI=1S/C14H11N2O3/c15-14(19)16(11-4-2-1-3-5-11)12-8-6-10(7-9-12)13(17)18/h2-9H,(H2,15,19)(H,17,18). The molecule has 2 aromatic carbocycles. The van der Waals surface area contributed by atoms with Crippen LogP contribution in [0.5, 0.6) is 0 Å². The Morgan fingerprint density at radius 3 is 2.00 bits per heavy atom. The Labute approximate surface area is 109 Å². The van der Waals surface area contributed by atoms with Crippen LogP contribution in [0.25, 0.3) is 0 Å². The number of carboxylic acid groups (broad SMARTS) is 1. The number of hydrogen-bond acceptors (Lipinski definition) is 2. The first-order valence-electron chi connectivity index (χ1n) is 5.48. The third-order valence-electron chi connectivity index (χ3n) is 2.55. The van der Waals surface area contributed by atoms with Gasteiger partial charge in [0, 0.05) is 0 Å². The third-order valence-corrected chi connectivity index (χ3v) is 2.55. The fourth-order valence-corrected chi connectivity index (χ4v) is 1.68. The molecular formula is C14H11N2O3. The minimum Gasteiger partial charge on any atom is -0.478 e. The number of benzene rings is 2. The first-order valence-corrected chi connectivity index (χ1v) is 5.48. The van der Waals surface area contributed by atoms with E-state index in [9.17, 15) is 9.59 Å². The summed E-state index contributed by atoms with van der Waals surface area (Å²) < 4.78 is 0. The van der Waals surface area contributed by atoms with Crippen LogP contribution in [-0.2, 0) is 0 Å². The van der Waals surface area contributed by atoms with Crippen LogP contribution in [0.2, 0.25) is 0 Å². The number of primary amides is 1. The Balaban J connectivity index is 2.40. The van der Waals surface area contributed by atoms with E-state index in [1.165, 1.54) is 29.2 Å². The van der Waals surface area contributed by atoms with E-state index < -0.39 is 12.0 Å². The highest BCUT2D eigenvalue weighted by Crippen LogP contribution is 2.24. The molecule has 2 aromatic rings. The van der Waals surface area contributed by atoms with Crippen molar-refractivity contribution in [2.24, 2.45) is 5.73 Å². The zero-order valence-electron chi connectivity index (χ0n) is 9.91. The molecule has 0 unspecified atom stereocenters. The summed E-state index contributed by atoms with van der Waals surface area (Å²) in [6.07, 6.45) is 0. The van der Waals surface area contributed by atoms with Crippen LogP contribution < -0.4 is 10.6 Å². The van der Waals surface area contributed by atoms with Gasteiger partial charge in [-0.05, 0) is 42.5 Å². The van der Waals surface area contributed by atoms with Gasteiger partial charge in [-0.25, -0.2) is 9.59 Å². The van der Waals surface area contributed by atoms with E-state index in [0.29, 0.717) is 11.4 Å². The Kier molecular flexibility index (Phi) is 3.47. The van der Waals surface area contributed by atoms with Crippen LogP contribution in [0.1, 0.15) is 10.4 Å². The van der Waals surface area contributed by atoms with Gasteiger partial charge in [-0.15, -0.1) is 0 Å². The van der Waals surface area contributed by atoms with Crippen LogP contribution >= 0.6 is 0 Å². The average molecular weight is 255 g/mol. The number of nitrogens with two attached hydrogens (primary N) is 1. The molecule has 0 fully saturated rings. The number of amides is 2. The number of rotatable bonds is 3. The van der Waals surface area contributed by atoms with Gasteiger partial charge in [-0.3, -0.25) is 4.90 Å². The van der Waals surface area contributed by atoms with Gasteiger partial charge in [0.2, 0.25) is 0 Å². The van der Waals surface area contributed by atoms with E-state index in [-0.39, 0.29) is 5.56 Å². The molecule has 1 radical (unpaired) electrons. The molecule has 0 bridgehead atoms. The van der Waals surface area contributed by atoms with E-state index in [0.717, 1.165) is 0 Å². The van der Waals surface area contributed by atoms with Crippen LogP contribution in [0.4, 0.5) is 16.2 Å². The summed E-state index contributed by atoms with van der Waals surface area (Å²) in [7, 11) is 0. The summed E-state index contributed by atoms with van der Waals surface area (Å²) in [5, 5.41) is 8.83. The number of anilines is 2. The number of carbonyl (C=O) groups excluding carboxylic acids is 1. The SMILES string of the molecule is NC(=O)N(c1cc[c]cc1)c1ccc(C(=O)O)cc1. The Hall–Kier alpha value is -2.82. The van der Waals surface area contributed by atoms with Crippen molar-refractivity contribution in [1.29, 1.82) is 0 Å². The minimum absolute atomic E-state index is 0.148. The molecule has 0 aromatic heterocycles. The summed E-state index contributed by atoms with van der Waals surface area (Å²) in [5.74, 6) is -1.02. The van der Waals surface area contributed by atoms with Gasteiger partial charge in [-0.1, -0.05) is 12.1 Å². The monoisotopic (exact) mass is 255 g/mol. The summed E-state index contributed by atoms with van der Waals surface area (Å²) in [5.41, 5.74) is 6.60. The predicted octanol–water partition coefficient (Wildman–Crippen LogP) is 2.40. The normalized spacial score (nSPS) is 9.89. The van der Waals surface area contributed by atoms with Crippen molar-refractivity contribution in [2.75, 3.05) is 4.90 Å². The van der Waals surface area contributed by atoms with Gasteiger partial charge >= 0.3 is 12.0 Å². The largest absolute Gasteiger partial charge is 0.478 e. The zero-order chi connectivity index (χ0) is 13.8. The Morgan fingerprint density at radius 2 is 1.53 bits per heavy atom. The Bertz CT molecular complexity index is 594. The van der Waals surface area contributed by atoms with Crippen molar-refractivity contribution in [3.05, 3.63) is 60.2 Å². The fourth-order valence-electron chi connectivity index (χ4n) is 1.68. The van der Waals surface area contributed by atoms with Crippen molar-refractivity contribution >= 4 is 23.4 Å². The van der Waals surface area contributed by atoms with Crippen LogP contribution in [0, 0.1) is 6.07 Å². The number of aromatic carboxylic acids is 1. The number of nitrogens with zero attached hydrogens (tertiary/aromatic N) is 1. The third kappa shape index (κ3) is 2.71. The molecule has 5 heteroatoms. The van der Waals surface area contributed by atoms with Crippen molar-refractivity contribution < 1.29 is 14.7 Å². The highest BCUT2D eigenvalue weighted by molar-refractivity contribution is 5.99. The van der Waals surface area contributed by atoms with Gasteiger partial charge in [0.15, 0.2) is 0 Å². The molecule has 0 atom stereocenters. The zero-order valence-corrected chi connectivity index (χ0v) is 9.91. The molecule has 95 valence electrons. The smallest absolute Gasteiger partial charge is 0.335 e. The number of carboxylic acids is 1. The minimum atomic E-state index is -1.02. The topological polar surface area (TPSA) is 83.6 Å². The second-order valence-corrected chi connectivity index (χ2v) is 3.78. The van der Waals surface area contributed by atoms with Gasteiger partial charge < -0.3 is 10.8 Å². The second-order valence-electron chi connectivity index (χ2n) is 3.78. The quantitative estimate of drug-likeness (QED) is 0.883. The number of urea groups is 1. The number of hydrogen-bond donors (Lipinski definition) is 2. The maximum Gasteiger partial charge on any atom is 0.335 e. The summed E-state index contributed by atoms with van der Waals surface area (Å²) in [6.45, 7) is 0. The summed E-state index contributed by atoms with van der Waals surface area (Å²) in [6, 6.07) is 14.8. The Morgan fingerprint density at radius 1 is 1.00 bits per heavy atom. The first kappa shape index (κ1) is 12.6. The predicted molar refractivity (Wildman–Crippen MR) is 70.4 cm³/mol. The molecule has 3 N–H and O–H groups in total. The molecule has 2 rings (SSSR count). The summed E-state index contributed by atoms with van der Waals surface area (Å²) in [4.78, 5) is 23.6. The van der Waals surface area contributed by atoms with Crippen molar-refractivity contribution in [3.8, 4) is 0 Å². The van der Waals surface area contributed by atoms with Crippen LogP contribution in [0.3, 0.4) is 0 Å². The van der Waals surface area contributed by atoms with Gasteiger partial charge in [-0.2, -0.15) is 0 Å². The lowest BCUT2D eigenvalue weighted by atomic mass is 10.2. The lowest BCUT2D eigenvalue weighted by Gasteiger charge is -2.20. The van der Waals surface area contributed by atoms with E-state index in [4.69, 9.17) is 10.8 Å². The molecule has 2 amide bonds. The molecule has 5 nitrogen and oxygen atoms in total. The molecular weight excluding hydrogens is 244 g/mol. The van der Waals surface area contributed by atoms with Crippen molar-refractivity contribution in [3.63, 3.8) is 0 Å². The highest BCUT2D eigenvalue weighted by atomic mass is 16.4. The lowest BCUT2D eigenvalue weighted by molar-refractivity contribution is 0.0697. The van der Waals surface area contributed by atoms with Gasteiger partial charge in [0.05, 0.1) is 16.9 Å². The fraction of sp³-hybridized carbons (Fsp3) is 0. The molecule has 0 saturated heterocycles. The molecule has 19 heavy (non-hydrogen) atoms. The number of carbonyl (C=O) groups is 2. The van der Waals surface area contributed by atoms with E-state index in [1.54, 1.807) is 24.3 Å². The molecule has 0 saturated carbocycles. The summed E-state index contributed by atoms with van der Waals surface area (Å²) >= 11 is 0. The highest BCUT2D eigenvalue weighted by Gasteiger charge is 2.15. The average Bonchev–Trinajstić information content (AvgIpc) is 2.40. The maximum absolute atomic E-state index is 11.5. The molecule has 0 aliphatic rings. The lowest BCUT2D eigenvalue weighted by Crippen LogP contribution is -2.31. The molecule has 0 aliphatic heterocycles. The van der Waals surface area contributed by atoms with Gasteiger partial charge in [0.25, 0.3) is 0 Å². The second kappa shape index (κ2) is 5.22. The first-order chi connectivity index (χ1) is 9.09. The van der Waals surface area contributed by atoms with Crippen LogP contribution in [-0.4, -0.2) is 17.1 Å². The molecule has 0 spiro atoms. The molecule has 0 aliphatic carbocycles. The van der Waals surface area contributed by atoms with E-state index >= 15 is 0 Å². The van der Waals surface area contributed by atoms with Crippen molar-refractivity contribution in [1.82, 2.24) is 0 Å². The van der Waals surface area contributed by atoms with E-state index in [1.807, 2.05) is 0 Å². The van der Waals surface area contributed by atoms with E-state index in [2.05, 4.69) is 6.07 Å². The maximum atomic E-state index is 11.5. The van der Waals surface area contributed by atoms with Crippen molar-refractivity contribution in [2.45, 2.75) is 0 Å². The van der Waals surface area contributed by atoms with Crippen LogP contribution in [0.15, 0.2) is 48.5 Å². The van der Waals surface area contributed by atoms with Gasteiger partial charge in [0.1, 0.15) is 0 Å².